The van der Waals surface area contributed by atoms with Gasteiger partial charge in [0.2, 0.25) is 0 Å². The van der Waals surface area contributed by atoms with E-state index in [1.165, 1.54) is 0 Å². The van der Waals surface area contributed by atoms with Crippen LogP contribution in [-0.2, 0) is 4.74 Å². The van der Waals surface area contributed by atoms with Crippen LogP contribution in [0, 0.1) is 0 Å². The van der Waals surface area contributed by atoms with Crippen LogP contribution < -0.4 is 0 Å². The minimum absolute atomic E-state index is 0.479. The smallest absolute Gasteiger partial charge is 0.101 e. The molecule has 66 valence electrons. The van der Waals surface area contributed by atoms with Gasteiger partial charge in [-0.1, -0.05) is 0 Å². The molecule has 4 heteroatoms. The maximum atomic E-state index is 5.14. The Bertz CT molecular complexity index is 433. The van der Waals surface area contributed by atoms with Gasteiger partial charge >= 0.3 is 0 Å². The maximum absolute atomic E-state index is 5.14. The van der Waals surface area contributed by atoms with Crippen molar-refractivity contribution in [3.63, 3.8) is 0 Å². The molecule has 0 saturated carbocycles. The van der Waals surface area contributed by atoms with Crippen molar-refractivity contribution < 1.29 is 4.74 Å². The number of hydrogen-bond acceptors (Lipinski definition) is 3. The van der Waals surface area contributed by atoms with Crippen LogP contribution >= 0.6 is 0 Å². The van der Waals surface area contributed by atoms with E-state index in [0.717, 1.165) is 24.4 Å². The normalized spacial score (nSPS) is 17.5. The number of aromatic nitrogens is 3. The molecule has 13 heavy (non-hydrogen) atoms. The standard InChI is InChI=1S/C9H9N3O/c1-2-10-5-12-6-11-9(8(1)12)7-3-13-4-7/h1-2,5-7H,3-4H2. The molecule has 2 aromatic heterocycles. The first-order valence-corrected chi connectivity index (χ1v) is 4.29. The van der Waals surface area contributed by atoms with Crippen molar-refractivity contribution in [2.45, 2.75) is 5.92 Å². The van der Waals surface area contributed by atoms with Gasteiger partial charge in [-0.25, -0.2) is 9.97 Å². The molecular weight excluding hydrogens is 166 g/mol. The SMILES string of the molecule is c1cc2c(C3COC3)ncn2cn1. The number of nitrogens with zero attached hydrogens (tertiary/aromatic N) is 3. The first-order chi connectivity index (χ1) is 6.45. The van der Waals surface area contributed by atoms with E-state index >= 15 is 0 Å². The van der Waals surface area contributed by atoms with E-state index in [1.54, 1.807) is 18.9 Å². The topological polar surface area (TPSA) is 39.4 Å². The molecule has 0 atom stereocenters. The fraction of sp³-hybridized carbons (Fsp3) is 0.333. The first kappa shape index (κ1) is 7.03. The Hall–Kier alpha value is -1.42. The van der Waals surface area contributed by atoms with Gasteiger partial charge in [0.1, 0.15) is 12.7 Å². The van der Waals surface area contributed by atoms with Crippen molar-refractivity contribution in [2.24, 2.45) is 0 Å². The third-order valence-electron chi connectivity index (χ3n) is 2.40. The van der Waals surface area contributed by atoms with Crippen LogP contribution in [0.2, 0.25) is 0 Å². The molecule has 4 nitrogen and oxygen atoms in total. The molecular formula is C9H9N3O. The van der Waals surface area contributed by atoms with Gasteiger partial charge in [-0.15, -0.1) is 0 Å². The van der Waals surface area contributed by atoms with Crippen LogP contribution in [0.4, 0.5) is 0 Å². The Morgan fingerprint density at radius 3 is 3.08 bits per heavy atom. The van der Waals surface area contributed by atoms with E-state index < -0.39 is 0 Å². The van der Waals surface area contributed by atoms with E-state index in [2.05, 4.69) is 9.97 Å². The molecule has 0 unspecified atom stereocenters. The average Bonchev–Trinajstić information content (AvgIpc) is 2.47. The lowest BCUT2D eigenvalue weighted by Crippen LogP contribution is -2.25. The zero-order valence-corrected chi connectivity index (χ0v) is 7.05. The van der Waals surface area contributed by atoms with Gasteiger partial charge in [0, 0.05) is 6.20 Å². The summed E-state index contributed by atoms with van der Waals surface area (Å²) in [5, 5.41) is 0. The van der Waals surface area contributed by atoms with E-state index in [-0.39, 0.29) is 0 Å². The molecule has 1 aliphatic heterocycles. The summed E-state index contributed by atoms with van der Waals surface area (Å²) in [5.74, 6) is 0.479. The van der Waals surface area contributed by atoms with Gasteiger partial charge in [0.15, 0.2) is 0 Å². The van der Waals surface area contributed by atoms with E-state index in [0.29, 0.717) is 5.92 Å². The molecule has 1 aliphatic rings. The Morgan fingerprint density at radius 1 is 1.38 bits per heavy atom. The molecule has 2 aromatic rings. The molecule has 1 fully saturated rings. The highest BCUT2D eigenvalue weighted by atomic mass is 16.5. The third kappa shape index (κ3) is 0.954. The quantitative estimate of drug-likeness (QED) is 0.644. The molecule has 0 radical (unpaired) electrons. The molecule has 1 saturated heterocycles. The van der Waals surface area contributed by atoms with Crippen LogP contribution in [0.3, 0.4) is 0 Å². The molecule has 0 bridgehead atoms. The fourth-order valence-electron chi connectivity index (χ4n) is 1.58. The highest BCUT2D eigenvalue weighted by molar-refractivity contribution is 5.52. The fourth-order valence-corrected chi connectivity index (χ4v) is 1.58. The van der Waals surface area contributed by atoms with Crippen molar-refractivity contribution in [2.75, 3.05) is 13.2 Å². The van der Waals surface area contributed by atoms with Gasteiger partial charge in [-0.3, -0.25) is 4.40 Å². The van der Waals surface area contributed by atoms with Crippen molar-refractivity contribution in [3.8, 4) is 0 Å². The third-order valence-corrected chi connectivity index (χ3v) is 2.40. The lowest BCUT2D eigenvalue weighted by atomic mass is 10.0. The molecule has 3 heterocycles. The van der Waals surface area contributed by atoms with E-state index in [1.807, 2.05) is 10.5 Å². The Balaban J connectivity index is 2.17. The highest BCUT2D eigenvalue weighted by Gasteiger charge is 2.24. The minimum Gasteiger partial charge on any atom is -0.380 e. The average molecular weight is 175 g/mol. The molecule has 0 aromatic carbocycles. The van der Waals surface area contributed by atoms with Gasteiger partial charge in [-0.05, 0) is 6.07 Å². The van der Waals surface area contributed by atoms with Crippen LogP contribution in [0.15, 0.2) is 24.9 Å². The number of fused-ring (bicyclic) bond motifs is 1. The lowest BCUT2D eigenvalue weighted by Gasteiger charge is -2.24. The second kappa shape index (κ2) is 2.53. The maximum Gasteiger partial charge on any atom is 0.101 e. The van der Waals surface area contributed by atoms with Crippen molar-refractivity contribution in [1.29, 1.82) is 0 Å². The molecule has 3 rings (SSSR count). The predicted octanol–water partition coefficient (Wildman–Crippen LogP) is 0.843. The van der Waals surface area contributed by atoms with E-state index in [9.17, 15) is 0 Å². The van der Waals surface area contributed by atoms with Gasteiger partial charge in [-0.2, -0.15) is 0 Å². The number of ether oxygens (including phenoxy) is 1. The minimum atomic E-state index is 0.479. The second-order valence-electron chi connectivity index (χ2n) is 3.24. The van der Waals surface area contributed by atoms with Crippen molar-refractivity contribution in [1.82, 2.24) is 14.4 Å². The largest absolute Gasteiger partial charge is 0.380 e. The first-order valence-electron chi connectivity index (χ1n) is 4.29. The van der Waals surface area contributed by atoms with Crippen LogP contribution in [-0.4, -0.2) is 27.6 Å². The summed E-state index contributed by atoms with van der Waals surface area (Å²) in [6, 6.07) is 1.99. The summed E-state index contributed by atoms with van der Waals surface area (Å²) in [4.78, 5) is 8.38. The zero-order chi connectivity index (χ0) is 8.67. The second-order valence-corrected chi connectivity index (χ2v) is 3.24. The van der Waals surface area contributed by atoms with E-state index in [4.69, 9.17) is 4.74 Å². The zero-order valence-electron chi connectivity index (χ0n) is 7.05. The monoisotopic (exact) mass is 175 g/mol. The van der Waals surface area contributed by atoms with Crippen molar-refractivity contribution >= 4 is 5.52 Å². The van der Waals surface area contributed by atoms with Crippen LogP contribution in [0.25, 0.3) is 5.52 Å². The van der Waals surface area contributed by atoms with Gasteiger partial charge in [0.25, 0.3) is 0 Å². The lowest BCUT2D eigenvalue weighted by molar-refractivity contribution is 0.00745. The number of imidazole rings is 1. The summed E-state index contributed by atoms with van der Waals surface area (Å²) in [6.07, 6.45) is 5.36. The molecule has 0 aliphatic carbocycles. The Kier molecular flexibility index (Phi) is 1.37. The van der Waals surface area contributed by atoms with Crippen LogP contribution in [0.1, 0.15) is 11.6 Å². The van der Waals surface area contributed by atoms with Crippen molar-refractivity contribution in [3.05, 3.63) is 30.6 Å². The van der Waals surface area contributed by atoms with Gasteiger partial charge < -0.3 is 4.74 Å². The summed E-state index contributed by atoms with van der Waals surface area (Å²) in [5.41, 5.74) is 2.27. The molecule has 0 amide bonds. The summed E-state index contributed by atoms with van der Waals surface area (Å²) in [7, 11) is 0. The summed E-state index contributed by atoms with van der Waals surface area (Å²) < 4.78 is 7.08. The van der Waals surface area contributed by atoms with Crippen LogP contribution in [0.5, 0.6) is 0 Å². The molecule has 0 spiro atoms. The number of hydrogen-bond donors (Lipinski definition) is 0. The number of rotatable bonds is 1. The predicted molar refractivity (Wildman–Crippen MR) is 46.5 cm³/mol. The summed E-state index contributed by atoms with van der Waals surface area (Å²) >= 11 is 0. The Labute approximate surface area is 75.2 Å². The Morgan fingerprint density at radius 2 is 2.31 bits per heavy atom. The highest BCUT2D eigenvalue weighted by Crippen LogP contribution is 2.25. The molecule has 0 N–H and O–H groups in total. The summed E-state index contributed by atoms with van der Waals surface area (Å²) in [6.45, 7) is 1.60. The van der Waals surface area contributed by atoms with Gasteiger partial charge in [0.05, 0.1) is 30.3 Å².